The van der Waals surface area contributed by atoms with Crippen molar-refractivity contribution in [3.63, 3.8) is 0 Å². The summed E-state index contributed by atoms with van der Waals surface area (Å²) >= 11 is 0. The first-order valence-electron chi connectivity index (χ1n) is 6.53. The molecule has 0 amide bonds. The quantitative estimate of drug-likeness (QED) is 0.628. The predicted molar refractivity (Wildman–Crippen MR) is 75.4 cm³/mol. The van der Waals surface area contributed by atoms with Gasteiger partial charge in [-0.1, -0.05) is 6.92 Å². The number of hydrogen-bond acceptors (Lipinski definition) is 6. The first-order chi connectivity index (χ1) is 9.35. The van der Waals surface area contributed by atoms with Gasteiger partial charge in [0, 0.05) is 26.8 Å². The highest BCUT2D eigenvalue weighted by atomic mass is 16.5. The molecule has 0 bridgehead atoms. The first kappa shape index (κ1) is 13.5. The van der Waals surface area contributed by atoms with E-state index in [9.17, 15) is 0 Å². The van der Waals surface area contributed by atoms with Gasteiger partial charge in [0.2, 0.25) is 5.95 Å². The maximum Gasteiger partial charge on any atom is 0.226 e. The fourth-order valence-corrected chi connectivity index (χ4v) is 1.70. The third-order valence-electron chi connectivity index (χ3n) is 2.64. The summed E-state index contributed by atoms with van der Waals surface area (Å²) < 4.78 is 5.02. The zero-order valence-corrected chi connectivity index (χ0v) is 11.4. The molecule has 7 heteroatoms. The van der Waals surface area contributed by atoms with Crippen LogP contribution in [0, 0.1) is 0 Å². The number of aromatic nitrogens is 4. The highest BCUT2D eigenvalue weighted by molar-refractivity contribution is 5.83. The number of nitrogens with one attached hydrogen (secondary N) is 3. The van der Waals surface area contributed by atoms with E-state index in [1.54, 1.807) is 13.4 Å². The van der Waals surface area contributed by atoms with Gasteiger partial charge in [-0.3, -0.25) is 0 Å². The molecule has 0 aliphatic carbocycles. The number of methoxy groups -OCH3 is 1. The standard InChI is InChI=1S/C12H20N6O/c1-3-5-14-12-17-10(13-6-4-7-19-2)9-11(18-12)16-8-15-9/h8H,3-7H2,1-2H3,(H3,13,14,15,16,17,18). The van der Waals surface area contributed by atoms with Gasteiger partial charge < -0.3 is 20.4 Å². The molecule has 104 valence electrons. The van der Waals surface area contributed by atoms with E-state index in [0.717, 1.165) is 43.9 Å². The van der Waals surface area contributed by atoms with Crippen LogP contribution in [0.25, 0.3) is 11.2 Å². The molecule has 2 aromatic rings. The summed E-state index contributed by atoms with van der Waals surface area (Å²) in [6.07, 6.45) is 3.58. The van der Waals surface area contributed by atoms with Crippen LogP contribution in [0.1, 0.15) is 19.8 Å². The molecular formula is C12H20N6O. The molecule has 0 aromatic carbocycles. The molecule has 3 N–H and O–H groups in total. The minimum absolute atomic E-state index is 0.607. The van der Waals surface area contributed by atoms with E-state index in [0.29, 0.717) is 11.6 Å². The second-order valence-corrected chi connectivity index (χ2v) is 4.20. The normalized spacial score (nSPS) is 10.8. The molecule has 0 fully saturated rings. The average molecular weight is 264 g/mol. The molecule has 0 unspecified atom stereocenters. The summed E-state index contributed by atoms with van der Waals surface area (Å²) in [5.74, 6) is 1.38. The Bertz CT molecular complexity index is 512. The Hall–Kier alpha value is -1.89. The second kappa shape index (κ2) is 6.89. The molecule has 7 nitrogen and oxygen atoms in total. The summed E-state index contributed by atoms with van der Waals surface area (Å²) in [5, 5.41) is 6.46. The summed E-state index contributed by atoms with van der Waals surface area (Å²) in [6, 6.07) is 0. The zero-order chi connectivity index (χ0) is 13.5. The van der Waals surface area contributed by atoms with Gasteiger partial charge in [-0.2, -0.15) is 9.97 Å². The van der Waals surface area contributed by atoms with E-state index in [1.807, 2.05) is 0 Å². The van der Waals surface area contributed by atoms with Crippen molar-refractivity contribution in [1.29, 1.82) is 0 Å². The molecule has 2 aromatic heterocycles. The lowest BCUT2D eigenvalue weighted by Gasteiger charge is -2.08. The van der Waals surface area contributed by atoms with Gasteiger partial charge in [0.05, 0.1) is 6.33 Å². The Morgan fingerprint density at radius 1 is 1.26 bits per heavy atom. The minimum Gasteiger partial charge on any atom is -0.385 e. The molecule has 19 heavy (non-hydrogen) atoms. The van der Waals surface area contributed by atoms with Crippen molar-refractivity contribution >= 4 is 22.9 Å². The number of hydrogen-bond donors (Lipinski definition) is 3. The van der Waals surface area contributed by atoms with Crippen LogP contribution in [0.3, 0.4) is 0 Å². The summed E-state index contributed by atoms with van der Waals surface area (Å²) in [5.41, 5.74) is 1.50. The highest BCUT2D eigenvalue weighted by Gasteiger charge is 2.09. The zero-order valence-electron chi connectivity index (χ0n) is 11.4. The Morgan fingerprint density at radius 2 is 2.16 bits per heavy atom. The number of aromatic amines is 1. The molecule has 2 heterocycles. The Morgan fingerprint density at radius 3 is 2.95 bits per heavy atom. The maximum absolute atomic E-state index is 5.02. The van der Waals surface area contributed by atoms with Crippen molar-refractivity contribution in [2.24, 2.45) is 0 Å². The molecule has 0 saturated heterocycles. The third kappa shape index (κ3) is 3.54. The molecule has 0 aliphatic rings. The lowest BCUT2D eigenvalue weighted by Crippen LogP contribution is -2.10. The fourth-order valence-electron chi connectivity index (χ4n) is 1.70. The van der Waals surface area contributed by atoms with Crippen LogP contribution in [-0.2, 0) is 4.74 Å². The molecular weight excluding hydrogens is 244 g/mol. The van der Waals surface area contributed by atoms with Crippen LogP contribution >= 0.6 is 0 Å². The van der Waals surface area contributed by atoms with Crippen LogP contribution in [0.4, 0.5) is 11.8 Å². The largest absolute Gasteiger partial charge is 0.385 e. The lowest BCUT2D eigenvalue weighted by atomic mass is 10.4. The molecule has 0 aliphatic heterocycles. The number of anilines is 2. The van der Waals surface area contributed by atoms with Crippen LogP contribution in [0.5, 0.6) is 0 Å². The van der Waals surface area contributed by atoms with Gasteiger partial charge in [0.15, 0.2) is 11.5 Å². The van der Waals surface area contributed by atoms with E-state index in [1.165, 1.54) is 0 Å². The van der Waals surface area contributed by atoms with Gasteiger partial charge in [-0.15, -0.1) is 0 Å². The van der Waals surface area contributed by atoms with Gasteiger partial charge >= 0.3 is 0 Å². The molecule has 0 saturated carbocycles. The van der Waals surface area contributed by atoms with Crippen molar-refractivity contribution in [3.05, 3.63) is 6.33 Å². The molecule has 2 rings (SSSR count). The van der Waals surface area contributed by atoms with E-state index >= 15 is 0 Å². The van der Waals surface area contributed by atoms with E-state index in [-0.39, 0.29) is 0 Å². The first-order valence-corrected chi connectivity index (χ1v) is 6.53. The molecule has 0 atom stereocenters. The predicted octanol–water partition coefficient (Wildman–Crippen LogP) is 1.62. The third-order valence-corrected chi connectivity index (χ3v) is 2.64. The van der Waals surface area contributed by atoms with Crippen molar-refractivity contribution < 1.29 is 4.74 Å². The van der Waals surface area contributed by atoms with E-state index in [4.69, 9.17) is 4.74 Å². The van der Waals surface area contributed by atoms with Gasteiger partial charge in [0.1, 0.15) is 5.52 Å². The molecule has 0 spiro atoms. The number of ether oxygens (including phenoxy) is 1. The summed E-state index contributed by atoms with van der Waals surface area (Å²) in [4.78, 5) is 16.0. The van der Waals surface area contributed by atoms with Crippen molar-refractivity contribution in [3.8, 4) is 0 Å². The van der Waals surface area contributed by atoms with Crippen LogP contribution in [0.2, 0.25) is 0 Å². The van der Waals surface area contributed by atoms with Crippen LogP contribution in [-0.4, -0.2) is 46.7 Å². The number of imidazole rings is 1. The monoisotopic (exact) mass is 264 g/mol. The number of nitrogens with zero attached hydrogens (tertiary/aromatic N) is 3. The van der Waals surface area contributed by atoms with Gasteiger partial charge in [0.25, 0.3) is 0 Å². The SMILES string of the molecule is CCCNc1nc(NCCCOC)c2[nH]cnc2n1. The van der Waals surface area contributed by atoms with Crippen LogP contribution in [0.15, 0.2) is 6.33 Å². The van der Waals surface area contributed by atoms with Crippen LogP contribution < -0.4 is 10.6 Å². The summed E-state index contributed by atoms with van der Waals surface area (Å²) in [6.45, 7) is 4.47. The summed E-state index contributed by atoms with van der Waals surface area (Å²) in [7, 11) is 1.70. The van der Waals surface area contributed by atoms with Gasteiger partial charge in [-0.05, 0) is 12.8 Å². The topological polar surface area (TPSA) is 87.8 Å². The van der Waals surface area contributed by atoms with Crippen molar-refractivity contribution in [1.82, 2.24) is 19.9 Å². The number of fused-ring (bicyclic) bond motifs is 1. The lowest BCUT2D eigenvalue weighted by molar-refractivity contribution is 0.198. The van der Waals surface area contributed by atoms with Crippen molar-refractivity contribution in [2.45, 2.75) is 19.8 Å². The Labute approximate surface area is 112 Å². The van der Waals surface area contributed by atoms with E-state index < -0.39 is 0 Å². The van der Waals surface area contributed by atoms with Gasteiger partial charge in [-0.25, -0.2) is 4.98 Å². The maximum atomic E-state index is 5.02. The van der Waals surface area contributed by atoms with E-state index in [2.05, 4.69) is 37.5 Å². The fraction of sp³-hybridized carbons (Fsp3) is 0.583. The highest BCUT2D eigenvalue weighted by Crippen LogP contribution is 2.18. The van der Waals surface area contributed by atoms with Crippen molar-refractivity contribution in [2.75, 3.05) is 37.4 Å². The number of rotatable bonds is 8. The number of H-pyrrole nitrogens is 1. The Balaban J connectivity index is 2.12. The Kier molecular flexibility index (Phi) is 4.91. The smallest absolute Gasteiger partial charge is 0.226 e. The minimum atomic E-state index is 0.607. The second-order valence-electron chi connectivity index (χ2n) is 4.20. The molecule has 0 radical (unpaired) electrons. The average Bonchev–Trinajstić information content (AvgIpc) is 2.89.